The van der Waals surface area contributed by atoms with Crippen LogP contribution in [0.5, 0.6) is 0 Å². The van der Waals surface area contributed by atoms with Gasteiger partial charge in [-0.15, -0.1) is 0 Å². The molecule has 0 bridgehead atoms. The number of halogens is 1. The molecule has 1 heterocycles. The van der Waals surface area contributed by atoms with Crippen molar-refractivity contribution in [2.75, 3.05) is 18.0 Å². The van der Waals surface area contributed by atoms with Crippen molar-refractivity contribution in [3.05, 3.63) is 40.9 Å². The summed E-state index contributed by atoms with van der Waals surface area (Å²) in [6.45, 7) is 1.88. The standard InChI is InChI=1S/C12H14ClNO/c13-11-6-4-5-10(9-15)12(11)14-7-2-1-3-8-14/h1-2,4-6,15H,3,7-9H2. The molecule has 0 saturated carbocycles. The average molecular weight is 224 g/mol. The Morgan fingerprint density at radius 2 is 2.20 bits per heavy atom. The monoisotopic (exact) mass is 223 g/mol. The summed E-state index contributed by atoms with van der Waals surface area (Å²) in [5.41, 5.74) is 1.88. The number of hydrogen-bond donors (Lipinski definition) is 1. The van der Waals surface area contributed by atoms with E-state index in [0.717, 1.165) is 35.8 Å². The lowest BCUT2D eigenvalue weighted by Gasteiger charge is -2.28. The van der Waals surface area contributed by atoms with E-state index in [1.165, 1.54) is 0 Å². The van der Waals surface area contributed by atoms with Crippen LogP contribution in [0.25, 0.3) is 0 Å². The Morgan fingerprint density at radius 1 is 1.33 bits per heavy atom. The first-order valence-electron chi connectivity index (χ1n) is 5.11. The number of rotatable bonds is 2. The summed E-state index contributed by atoms with van der Waals surface area (Å²) in [6, 6.07) is 5.66. The fourth-order valence-corrected chi connectivity index (χ4v) is 2.20. The molecule has 0 aliphatic carbocycles. The zero-order chi connectivity index (χ0) is 10.7. The lowest BCUT2D eigenvalue weighted by atomic mass is 10.1. The first-order valence-corrected chi connectivity index (χ1v) is 5.49. The first kappa shape index (κ1) is 10.5. The van der Waals surface area contributed by atoms with E-state index in [4.69, 9.17) is 11.6 Å². The number of aliphatic hydroxyl groups is 1. The predicted molar refractivity (Wildman–Crippen MR) is 63.3 cm³/mol. The quantitative estimate of drug-likeness (QED) is 0.780. The normalized spacial score (nSPS) is 15.7. The van der Waals surface area contributed by atoms with Gasteiger partial charge in [0.25, 0.3) is 0 Å². The molecule has 15 heavy (non-hydrogen) atoms. The first-order chi connectivity index (χ1) is 7.33. The number of benzene rings is 1. The van der Waals surface area contributed by atoms with Gasteiger partial charge in [-0.25, -0.2) is 0 Å². The summed E-state index contributed by atoms with van der Waals surface area (Å²) < 4.78 is 0. The molecule has 1 aliphatic heterocycles. The van der Waals surface area contributed by atoms with Crippen LogP contribution in [-0.4, -0.2) is 18.2 Å². The van der Waals surface area contributed by atoms with Crippen molar-refractivity contribution in [1.82, 2.24) is 0 Å². The van der Waals surface area contributed by atoms with Crippen LogP contribution >= 0.6 is 11.6 Å². The molecule has 0 unspecified atom stereocenters. The maximum Gasteiger partial charge on any atom is 0.0702 e. The lowest BCUT2D eigenvalue weighted by molar-refractivity contribution is 0.282. The van der Waals surface area contributed by atoms with Crippen molar-refractivity contribution < 1.29 is 5.11 Å². The Morgan fingerprint density at radius 3 is 2.87 bits per heavy atom. The minimum Gasteiger partial charge on any atom is -0.392 e. The van der Waals surface area contributed by atoms with Crippen LogP contribution in [0.4, 0.5) is 5.69 Å². The van der Waals surface area contributed by atoms with Crippen molar-refractivity contribution in [3.63, 3.8) is 0 Å². The maximum atomic E-state index is 9.27. The second-order valence-electron chi connectivity index (χ2n) is 3.61. The molecule has 80 valence electrons. The highest BCUT2D eigenvalue weighted by molar-refractivity contribution is 6.33. The number of aliphatic hydroxyl groups excluding tert-OH is 1. The van der Waals surface area contributed by atoms with Crippen molar-refractivity contribution in [2.45, 2.75) is 13.0 Å². The number of nitrogens with zero attached hydrogens (tertiary/aromatic N) is 1. The van der Waals surface area contributed by atoms with Gasteiger partial charge in [-0.05, 0) is 12.5 Å². The summed E-state index contributed by atoms with van der Waals surface area (Å²) >= 11 is 6.16. The third kappa shape index (κ3) is 2.16. The second-order valence-corrected chi connectivity index (χ2v) is 4.02. The predicted octanol–water partition coefficient (Wildman–Crippen LogP) is 2.60. The van der Waals surface area contributed by atoms with Crippen LogP contribution in [-0.2, 0) is 6.61 Å². The molecule has 0 spiro atoms. The van der Waals surface area contributed by atoms with Gasteiger partial charge in [-0.3, -0.25) is 0 Å². The zero-order valence-corrected chi connectivity index (χ0v) is 9.24. The highest BCUT2D eigenvalue weighted by atomic mass is 35.5. The summed E-state index contributed by atoms with van der Waals surface area (Å²) in [5, 5.41) is 9.99. The molecule has 1 aromatic carbocycles. The molecular formula is C12H14ClNO. The van der Waals surface area contributed by atoms with Crippen LogP contribution in [0, 0.1) is 0 Å². The fourth-order valence-electron chi connectivity index (χ4n) is 1.89. The van der Waals surface area contributed by atoms with Gasteiger partial charge in [0.15, 0.2) is 0 Å². The van der Waals surface area contributed by atoms with Gasteiger partial charge in [-0.2, -0.15) is 0 Å². The van der Waals surface area contributed by atoms with Crippen LogP contribution < -0.4 is 4.90 Å². The van der Waals surface area contributed by atoms with Gasteiger partial charge in [0, 0.05) is 18.7 Å². The van der Waals surface area contributed by atoms with Gasteiger partial charge in [0.2, 0.25) is 0 Å². The fraction of sp³-hybridized carbons (Fsp3) is 0.333. The molecule has 1 N–H and O–H groups in total. The molecule has 0 fully saturated rings. The average Bonchev–Trinajstić information content (AvgIpc) is 2.29. The van der Waals surface area contributed by atoms with E-state index < -0.39 is 0 Å². The Kier molecular flexibility index (Phi) is 3.29. The SMILES string of the molecule is OCc1cccc(Cl)c1N1CC=CCC1. The van der Waals surface area contributed by atoms with Gasteiger partial charge >= 0.3 is 0 Å². The number of hydrogen-bond acceptors (Lipinski definition) is 2. The minimum absolute atomic E-state index is 0.0378. The van der Waals surface area contributed by atoms with E-state index in [9.17, 15) is 5.11 Å². The smallest absolute Gasteiger partial charge is 0.0702 e. The van der Waals surface area contributed by atoms with Gasteiger partial charge in [0.05, 0.1) is 17.3 Å². The van der Waals surface area contributed by atoms with E-state index in [-0.39, 0.29) is 6.61 Å². The molecule has 0 saturated heterocycles. The number of para-hydroxylation sites is 1. The second kappa shape index (κ2) is 4.69. The maximum absolute atomic E-state index is 9.27. The molecule has 2 nitrogen and oxygen atoms in total. The zero-order valence-electron chi connectivity index (χ0n) is 8.49. The van der Waals surface area contributed by atoms with Crippen molar-refractivity contribution >= 4 is 17.3 Å². The molecule has 0 radical (unpaired) electrons. The molecule has 1 aromatic rings. The van der Waals surface area contributed by atoms with Gasteiger partial charge in [0.1, 0.15) is 0 Å². The van der Waals surface area contributed by atoms with Crippen molar-refractivity contribution in [1.29, 1.82) is 0 Å². The van der Waals surface area contributed by atoms with E-state index >= 15 is 0 Å². The summed E-state index contributed by atoms with van der Waals surface area (Å²) in [7, 11) is 0. The molecule has 2 rings (SSSR count). The molecular weight excluding hydrogens is 210 g/mol. The highest BCUT2D eigenvalue weighted by Gasteiger charge is 2.14. The minimum atomic E-state index is 0.0378. The Bertz CT molecular complexity index is 376. The molecule has 0 amide bonds. The van der Waals surface area contributed by atoms with E-state index in [2.05, 4.69) is 17.1 Å². The number of anilines is 1. The summed E-state index contributed by atoms with van der Waals surface area (Å²) in [4.78, 5) is 2.20. The molecule has 0 aromatic heterocycles. The van der Waals surface area contributed by atoms with Gasteiger partial charge in [-0.1, -0.05) is 35.9 Å². The van der Waals surface area contributed by atoms with Crippen molar-refractivity contribution in [3.8, 4) is 0 Å². The lowest BCUT2D eigenvalue weighted by Crippen LogP contribution is -2.28. The van der Waals surface area contributed by atoms with Crippen LogP contribution in [0.1, 0.15) is 12.0 Å². The highest BCUT2D eigenvalue weighted by Crippen LogP contribution is 2.30. The molecule has 1 aliphatic rings. The van der Waals surface area contributed by atoms with Crippen molar-refractivity contribution in [2.24, 2.45) is 0 Å². The van der Waals surface area contributed by atoms with E-state index in [1.807, 2.05) is 18.2 Å². The third-order valence-corrected chi connectivity index (χ3v) is 2.92. The summed E-state index contributed by atoms with van der Waals surface area (Å²) in [5.74, 6) is 0. The van der Waals surface area contributed by atoms with Crippen LogP contribution in [0.2, 0.25) is 5.02 Å². The molecule has 0 atom stereocenters. The van der Waals surface area contributed by atoms with Crippen LogP contribution in [0.15, 0.2) is 30.4 Å². The molecule has 3 heteroatoms. The Labute approximate surface area is 94.8 Å². The summed E-state index contributed by atoms with van der Waals surface area (Å²) in [6.07, 6.45) is 5.34. The van der Waals surface area contributed by atoms with E-state index in [1.54, 1.807) is 0 Å². The Hall–Kier alpha value is -0.990. The Balaban J connectivity index is 2.36. The largest absolute Gasteiger partial charge is 0.392 e. The third-order valence-electron chi connectivity index (χ3n) is 2.62. The van der Waals surface area contributed by atoms with Gasteiger partial charge < -0.3 is 10.0 Å². The topological polar surface area (TPSA) is 23.5 Å². The van der Waals surface area contributed by atoms with Crippen LogP contribution in [0.3, 0.4) is 0 Å². The van der Waals surface area contributed by atoms with E-state index in [0.29, 0.717) is 0 Å².